The first kappa shape index (κ1) is 16.7. The molecule has 1 N–H and O–H groups in total. The number of hydrogen-bond acceptors (Lipinski definition) is 3. The van der Waals surface area contributed by atoms with E-state index in [1.165, 1.54) is 6.07 Å². The van der Waals surface area contributed by atoms with Gasteiger partial charge >= 0.3 is 0 Å². The Labute approximate surface area is 131 Å². The van der Waals surface area contributed by atoms with E-state index in [4.69, 9.17) is 16.3 Å². The van der Waals surface area contributed by atoms with Gasteiger partial charge in [-0.05, 0) is 37.2 Å². The third-order valence-corrected chi connectivity index (χ3v) is 4.29. The van der Waals surface area contributed by atoms with Crippen molar-refractivity contribution >= 4 is 11.6 Å². The zero-order valence-corrected chi connectivity index (χ0v) is 13.5. The largest absolute Gasteiger partial charge is 0.374 e. The van der Waals surface area contributed by atoms with Crippen molar-refractivity contribution in [2.45, 2.75) is 32.4 Å². The van der Waals surface area contributed by atoms with Crippen LogP contribution in [0.5, 0.6) is 0 Å². The molecule has 1 fully saturated rings. The summed E-state index contributed by atoms with van der Waals surface area (Å²) in [6.07, 6.45) is 0.877. The van der Waals surface area contributed by atoms with Gasteiger partial charge in [0.05, 0.1) is 17.7 Å². The molecule has 2 unspecified atom stereocenters. The van der Waals surface area contributed by atoms with Crippen LogP contribution in [-0.4, -0.2) is 49.8 Å². The van der Waals surface area contributed by atoms with Crippen LogP contribution in [0.25, 0.3) is 0 Å². The molecule has 2 rings (SSSR count). The van der Waals surface area contributed by atoms with Gasteiger partial charge in [-0.3, -0.25) is 4.90 Å². The summed E-state index contributed by atoms with van der Waals surface area (Å²) in [4.78, 5) is 2.39. The highest BCUT2D eigenvalue weighted by Gasteiger charge is 2.27. The first-order valence-electron chi connectivity index (χ1n) is 7.65. The Kier molecular flexibility index (Phi) is 6.42. The molecule has 5 heteroatoms. The summed E-state index contributed by atoms with van der Waals surface area (Å²) in [5, 5.41) is 3.64. The summed E-state index contributed by atoms with van der Waals surface area (Å²) >= 11 is 5.74. The molecular formula is C16H24ClFN2O. The molecule has 0 bridgehead atoms. The van der Waals surface area contributed by atoms with E-state index < -0.39 is 0 Å². The first-order valence-corrected chi connectivity index (χ1v) is 8.03. The lowest BCUT2D eigenvalue weighted by molar-refractivity contribution is -0.0445. The van der Waals surface area contributed by atoms with Crippen molar-refractivity contribution in [2.24, 2.45) is 0 Å². The highest BCUT2D eigenvalue weighted by molar-refractivity contribution is 6.30. The van der Waals surface area contributed by atoms with Crippen LogP contribution in [-0.2, 0) is 11.2 Å². The van der Waals surface area contributed by atoms with Crippen LogP contribution in [0.2, 0.25) is 5.02 Å². The quantitative estimate of drug-likeness (QED) is 0.874. The lowest BCUT2D eigenvalue weighted by atomic mass is 9.99. The highest BCUT2D eigenvalue weighted by Crippen LogP contribution is 2.19. The summed E-state index contributed by atoms with van der Waals surface area (Å²) in [6.45, 7) is 8.82. The molecule has 1 saturated heterocycles. The van der Waals surface area contributed by atoms with E-state index in [2.05, 4.69) is 24.1 Å². The van der Waals surface area contributed by atoms with E-state index in [0.29, 0.717) is 0 Å². The monoisotopic (exact) mass is 314 g/mol. The molecule has 0 radical (unpaired) electrons. The SMILES string of the molecule is CCNC(Cc1ccc(Cl)c(F)c1)C1CN(CC)CCO1. The maximum absolute atomic E-state index is 13.6. The van der Waals surface area contributed by atoms with Crippen LogP contribution < -0.4 is 5.32 Å². The smallest absolute Gasteiger partial charge is 0.142 e. The van der Waals surface area contributed by atoms with Gasteiger partial charge in [0.2, 0.25) is 0 Å². The molecule has 118 valence electrons. The third kappa shape index (κ3) is 4.65. The Hall–Kier alpha value is -0.680. The molecule has 21 heavy (non-hydrogen) atoms. The van der Waals surface area contributed by atoms with Crippen molar-refractivity contribution < 1.29 is 9.13 Å². The van der Waals surface area contributed by atoms with E-state index in [1.54, 1.807) is 6.07 Å². The minimum Gasteiger partial charge on any atom is -0.374 e. The molecule has 1 aromatic carbocycles. The maximum Gasteiger partial charge on any atom is 0.142 e. The van der Waals surface area contributed by atoms with Crippen molar-refractivity contribution in [3.05, 3.63) is 34.6 Å². The number of hydrogen-bond donors (Lipinski definition) is 1. The summed E-state index contributed by atoms with van der Waals surface area (Å²) in [7, 11) is 0. The van der Waals surface area contributed by atoms with E-state index in [0.717, 1.165) is 44.8 Å². The summed E-state index contributed by atoms with van der Waals surface area (Å²) in [5.41, 5.74) is 0.945. The predicted octanol–water partition coefficient (Wildman–Crippen LogP) is 2.72. The van der Waals surface area contributed by atoms with Crippen molar-refractivity contribution in [3.8, 4) is 0 Å². The van der Waals surface area contributed by atoms with Crippen molar-refractivity contribution in [3.63, 3.8) is 0 Å². The Bertz CT molecular complexity index is 458. The van der Waals surface area contributed by atoms with E-state index >= 15 is 0 Å². The second-order valence-corrected chi connectivity index (χ2v) is 5.83. The number of halogens is 2. The Balaban J connectivity index is 2.05. The first-order chi connectivity index (χ1) is 10.1. The number of nitrogens with zero attached hydrogens (tertiary/aromatic N) is 1. The van der Waals surface area contributed by atoms with Crippen molar-refractivity contribution in [1.29, 1.82) is 0 Å². The third-order valence-electron chi connectivity index (χ3n) is 3.98. The standard InChI is InChI=1S/C16H24ClFN2O/c1-3-19-15(16-11-20(4-2)7-8-21-16)10-12-5-6-13(17)14(18)9-12/h5-6,9,15-16,19H,3-4,7-8,10-11H2,1-2H3. The van der Waals surface area contributed by atoms with Gasteiger partial charge in [-0.25, -0.2) is 4.39 Å². The molecule has 3 nitrogen and oxygen atoms in total. The normalized spacial score (nSPS) is 21.4. The summed E-state index contributed by atoms with van der Waals surface area (Å²) in [6, 6.07) is 5.21. The van der Waals surface area contributed by atoms with Gasteiger partial charge in [0, 0.05) is 19.1 Å². The van der Waals surface area contributed by atoms with Gasteiger partial charge in [0.15, 0.2) is 0 Å². The average Bonchev–Trinajstić information content (AvgIpc) is 2.50. The van der Waals surface area contributed by atoms with Gasteiger partial charge in [-0.1, -0.05) is 31.5 Å². The fraction of sp³-hybridized carbons (Fsp3) is 0.625. The molecule has 0 amide bonds. The number of ether oxygens (including phenoxy) is 1. The van der Waals surface area contributed by atoms with Crippen molar-refractivity contribution in [1.82, 2.24) is 10.2 Å². The Morgan fingerprint density at radius 3 is 2.95 bits per heavy atom. The van der Waals surface area contributed by atoms with Gasteiger partial charge in [0.1, 0.15) is 5.82 Å². The van der Waals surface area contributed by atoms with Crippen LogP contribution >= 0.6 is 11.6 Å². The fourth-order valence-corrected chi connectivity index (χ4v) is 2.90. The minimum absolute atomic E-state index is 0.136. The van der Waals surface area contributed by atoms with E-state index in [9.17, 15) is 4.39 Å². The highest BCUT2D eigenvalue weighted by atomic mass is 35.5. The molecule has 0 saturated carbocycles. The number of morpholine rings is 1. The molecular weight excluding hydrogens is 291 g/mol. The molecule has 0 aliphatic carbocycles. The summed E-state index contributed by atoms with van der Waals surface area (Å²) < 4.78 is 19.5. The zero-order valence-electron chi connectivity index (χ0n) is 12.7. The summed E-state index contributed by atoms with van der Waals surface area (Å²) in [5.74, 6) is -0.357. The zero-order chi connectivity index (χ0) is 15.2. The van der Waals surface area contributed by atoms with Gasteiger partial charge in [-0.2, -0.15) is 0 Å². The Morgan fingerprint density at radius 1 is 1.48 bits per heavy atom. The average molecular weight is 315 g/mol. The second-order valence-electron chi connectivity index (χ2n) is 5.42. The van der Waals surface area contributed by atoms with Gasteiger partial charge in [-0.15, -0.1) is 0 Å². The molecule has 0 aromatic heterocycles. The van der Waals surface area contributed by atoms with Gasteiger partial charge < -0.3 is 10.1 Å². The van der Waals surface area contributed by atoms with Crippen molar-refractivity contribution in [2.75, 3.05) is 32.8 Å². The predicted molar refractivity (Wildman–Crippen MR) is 84.4 cm³/mol. The molecule has 1 heterocycles. The number of benzene rings is 1. The lowest BCUT2D eigenvalue weighted by Crippen LogP contribution is -2.53. The molecule has 1 aliphatic rings. The van der Waals surface area contributed by atoms with Crippen LogP contribution in [0.4, 0.5) is 4.39 Å². The molecule has 2 atom stereocenters. The Morgan fingerprint density at radius 2 is 2.29 bits per heavy atom. The number of likely N-dealkylation sites (N-methyl/N-ethyl adjacent to an activating group) is 2. The van der Waals surface area contributed by atoms with E-state index in [-0.39, 0.29) is 23.0 Å². The second kappa shape index (κ2) is 8.08. The topological polar surface area (TPSA) is 24.5 Å². The number of rotatable bonds is 6. The maximum atomic E-state index is 13.6. The molecule has 1 aliphatic heterocycles. The molecule has 0 spiro atoms. The lowest BCUT2D eigenvalue weighted by Gasteiger charge is -2.37. The van der Waals surface area contributed by atoms with Crippen LogP contribution in [0.1, 0.15) is 19.4 Å². The van der Waals surface area contributed by atoms with Crippen LogP contribution in [0.3, 0.4) is 0 Å². The van der Waals surface area contributed by atoms with E-state index in [1.807, 2.05) is 6.07 Å². The van der Waals surface area contributed by atoms with Crippen LogP contribution in [0.15, 0.2) is 18.2 Å². The van der Waals surface area contributed by atoms with Crippen LogP contribution in [0, 0.1) is 5.82 Å². The minimum atomic E-state index is -0.357. The molecule has 1 aromatic rings. The fourth-order valence-electron chi connectivity index (χ4n) is 2.78. The number of nitrogens with one attached hydrogen (secondary N) is 1. The van der Waals surface area contributed by atoms with Gasteiger partial charge in [0.25, 0.3) is 0 Å².